The molecule has 2 aromatic carbocycles. The summed E-state index contributed by atoms with van der Waals surface area (Å²) in [5.41, 5.74) is 3.36. The number of halogens is 1. The Bertz CT molecular complexity index is 597. The molecule has 0 aliphatic carbocycles. The third kappa shape index (κ3) is 3.61. The van der Waals surface area contributed by atoms with E-state index >= 15 is 0 Å². The minimum atomic E-state index is -0.178. The highest BCUT2D eigenvalue weighted by Gasteiger charge is 2.22. The summed E-state index contributed by atoms with van der Waals surface area (Å²) in [6.07, 6.45) is 1.10. The van der Waals surface area contributed by atoms with Crippen molar-refractivity contribution >= 4 is 5.69 Å². The number of anilines is 1. The van der Waals surface area contributed by atoms with Gasteiger partial charge in [0, 0.05) is 31.4 Å². The van der Waals surface area contributed by atoms with Gasteiger partial charge in [-0.3, -0.25) is 4.90 Å². The van der Waals surface area contributed by atoms with Gasteiger partial charge >= 0.3 is 0 Å². The predicted molar refractivity (Wildman–Crippen MR) is 84.9 cm³/mol. The fourth-order valence-electron chi connectivity index (χ4n) is 2.91. The quantitative estimate of drug-likeness (QED) is 0.918. The summed E-state index contributed by atoms with van der Waals surface area (Å²) in [4.78, 5) is 2.45. The van der Waals surface area contributed by atoms with E-state index in [1.54, 1.807) is 6.07 Å². The van der Waals surface area contributed by atoms with E-state index in [0.717, 1.165) is 37.3 Å². The highest BCUT2D eigenvalue weighted by Crippen LogP contribution is 2.21. The molecule has 0 saturated carbocycles. The van der Waals surface area contributed by atoms with Crippen LogP contribution >= 0.6 is 0 Å². The summed E-state index contributed by atoms with van der Waals surface area (Å²) >= 11 is 0. The molecule has 0 spiro atoms. The molecule has 3 heteroatoms. The maximum absolute atomic E-state index is 13.3. The van der Waals surface area contributed by atoms with Crippen molar-refractivity contribution in [1.82, 2.24) is 4.90 Å². The molecule has 1 unspecified atom stereocenters. The minimum absolute atomic E-state index is 0.178. The smallest absolute Gasteiger partial charge is 0.125 e. The van der Waals surface area contributed by atoms with Crippen LogP contribution in [0.15, 0.2) is 48.5 Å². The Morgan fingerprint density at radius 3 is 2.81 bits per heavy atom. The first-order valence-corrected chi connectivity index (χ1v) is 7.50. The van der Waals surface area contributed by atoms with Crippen molar-refractivity contribution in [3.63, 3.8) is 0 Å². The second-order valence-corrected chi connectivity index (χ2v) is 5.81. The third-order valence-electron chi connectivity index (χ3n) is 4.08. The van der Waals surface area contributed by atoms with Gasteiger partial charge in [-0.25, -0.2) is 4.39 Å². The van der Waals surface area contributed by atoms with Gasteiger partial charge in [-0.05, 0) is 36.6 Å². The molecule has 0 bridgehead atoms. The number of nitrogens with one attached hydrogen (secondary N) is 1. The van der Waals surface area contributed by atoms with Crippen LogP contribution in [0.2, 0.25) is 0 Å². The Morgan fingerprint density at radius 1 is 1.19 bits per heavy atom. The first-order chi connectivity index (χ1) is 10.2. The van der Waals surface area contributed by atoms with Crippen molar-refractivity contribution in [2.45, 2.75) is 25.9 Å². The summed E-state index contributed by atoms with van der Waals surface area (Å²) in [7, 11) is 0. The monoisotopic (exact) mass is 284 g/mol. The van der Waals surface area contributed by atoms with Gasteiger partial charge in [-0.2, -0.15) is 0 Å². The second kappa shape index (κ2) is 6.27. The molecule has 0 amide bonds. The summed E-state index contributed by atoms with van der Waals surface area (Å²) in [6.45, 7) is 5.09. The molecule has 0 aromatic heterocycles. The molecule has 2 nitrogen and oxygen atoms in total. The number of rotatable bonds is 4. The molecule has 1 heterocycles. The van der Waals surface area contributed by atoms with E-state index in [-0.39, 0.29) is 5.82 Å². The zero-order chi connectivity index (χ0) is 14.7. The van der Waals surface area contributed by atoms with Crippen molar-refractivity contribution in [3.8, 4) is 0 Å². The van der Waals surface area contributed by atoms with Crippen LogP contribution in [0.5, 0.6) is 0 Å². The summed E-state index contributed by atoms with van der Waals surface area (Å²) in [5.74, 6) is -0.178. The number of benzene rings is 2. The van der Waals surface area contributed by atoms with Crippen molar-refractivity contribution < 1.29 is 4.39 Å². The Balaban J connectivity index is 1.58. The first kappa shape index (κ1) is 14.1. The lowest BCUT2D eigenvalue weighted by Crippen LogP contribution is -2.26. The Labute approximate surface area is 125 Å². The molecule has 1 saturated heterocycles. The molecule has 2 aromatic rings. The van der Waals surface area contributed by atoms with Crippen molar-refractivity contribution in [1.29, 1.82) is 0 Å². The normalized spacial score (nSPS) is 18.9. The standard InChI is InChI=1S/C18H21FN2/c1-14-7-8-16(19)11-18(14)20-17-9-10-21(13-17)12-15-5-3-2-4-6-15/h2-8,11,17,20H,9-10,12-13H2,1H3. The number of hydrogen-bond donors (Lipinski definition) is 1. The summed E-state index contributed by atoms with van der Waals surface area (Å²) in [6, 6.07) is 15.9. The number of hydrogen-bond acceptors (Lipinski definition) is 2. The molecule has 1 fully saturated rings. The highest BCUT2D eigenvalue weighted by atomic mass is 19.1. The van der Waals surface area contributed by atoms with E-state index in [9.17, 15) is 4.39 Å². The molecule has 1 atom stereocenters. The van der Waals surface area contributed by atoms with Crippen LogP contribution in [0.25, 0.3) is 0 Å². The third-order valence-corrected chi connectivity index (χ3v) is 4.08. The molecule has 1 aliphatic heterocycles. The van der Waals surface area contributed by atoms with Crippen molar-refractivity contribution in [2.24, 2.45) is 0 Å². The van der Waals surface area contributed by atoms with Crippen molar-refractivity contribution in [3.05, 3.63) is 65.5 Å². The maximum atomic E-state index is 13.3. The molecule has 1 aliphatic rings. The average Bonchev–Trinajstić information content (AvgIpc) is 2.91. The fourth-order valence-corrected chi connectivity index (χ4v) is 2.91. The van der Waals surface area contributed by atoms with Crippen molar-refractivity contribution in [2.75, 3.05) is 18.4 Å². The van der Waals surface area contributed by atoms with Gasteiger partial charge in [0.15, 0.2) is 0 Å². The van der Waals surface area contributed by atoms with E-state index in [2.05, 4.69) is 34.5 Å². The fraction of sp³-hybridized carbons (Fsp3) is 0.333. The first-order valence-electron chi connectivity index (χ1n) is 7.50. The molecule has 0 radical (unpaired) electrons. The largest absolute Gasteiger partial charge is 0.381 e. The summed E-state index contributed by atoms with van der Waals surface area (Å²) < 4.78 is 13.3. The van der Waals surface area contributed by atoms with E-state index in [4.69, 9.17) is 0 Å². The molecule has 1 N–H and O–H groups in total. The Kier molecular flexibility index (Phi) is 4.20. The number of likely N-dealkylation sites (tertiary alicyclic amines) is 1. The summed E-state index contributed by atoms with van der Waals surface area (Å²) in [5, 5.41) is 3.48. The molecule has 21 heavy (non-hydrogen) atoms. The minimum Gasteiger partial charge on any atom is -0.381 e. The van der Waals surface area contributed by atoms with Gasteiger partial charge < -0.3 is 5.32 Å². The highest BCUT2D eigenvalue weighted by molar-refractivity contribution is 5.51. The van der Waals surface area contributed by atoms with E-state index in [1.165, 1.54) is 11.6 Å². The predicted octanol–water partition coefficient (Wildman–Crippen LogP) is 3.82. The Morgan fingerprint density at radius 2 is 2.00 bits per heavy atom. The van der Waals surface area contributed by atoms with E-state index < -0.39 is 0 Å². The number of nitrogens with zero attached hydrogens (tertiary/aromatic N) is 1. The lowest BCUT2D eigenvalue weighted by Gasteiger charge is -2.18. The van der Waals surface area contributed by atoms with Gasteiger partial charge in [0.1, 0.15) is 5.82 Å². The van der Waals surface area contributed by atoms with E-state index in [1.807, 2.05) is 19.1 Å². The topological polar surface area (TPSA) is 15.3 Å². The zero-order valence-electron chi connectivity index (χ0n) is 12.3. The van der Waals surface area contributed by atoms with Crippen LogP contribution in [0, 0.1) is 12.7 Å². The molecular formula is C18H21FN2. The van der Waals surface area contributed by atoms with Crippen LogP contribution in [0.4, 0.5) is 10.1 Å². The maximum Gasteiger partial charge on any atom is 0.125 e. The lowest BCUT2D eigenvalue weighted by atomic mass is 10.1. The van der Waals surface area contributed by atoms with Gasteiger partial charge in [0.25, 0.3) is 0 Å². The van der Waals surface area contributed by atoms with Gasteiger partial charge in [-0.1, -0.05) is 36.4 Å². The van der Waals surface area contributed by atoms with Crippen LogP contribution < -0.4 is 5.32 Å². The Hall–Kier alpha value is -1.87. The molecular weight excluding hydrogens is 263 g/mol. The van der Waals surface area contributed by atoms with Crippen LogP contribution in [0.3, 0.4) is 0 Å². The van der Waals surface area contributed by atoms with Gasteiger partial charge in [-0.15, -0.1) is 0 Å². The molecule has 3 rings (SSSR count). The van der Waals surface area contributed by atoms with Gasteiger partial charge in [0.05, 0.1) is 0 Å². The number of aryl methyl sites for hydroxylation is 1. The SMILES string of the molecule is Cc1ccc(F)cc1NC1CCN(Cc2ccccc2)C1. The lowest BCUT2D eigenvalue weighted by molar-refractivity contribution is 0.328. The van der Waals surface area contributed by atoms with Crippen LogP contribution in [0.1, 0.15) is 17.5 Å². The average molecular weight is 284 g/mol. The molecule has 110 valence electrons. The van der Waals surface area contributed by atoms with E-state index in [0.29, 0.717) is 6.04 Å². The van der Waals surface area contributed by atoms with Gasteiger partial charge in [0.2, 0.25) is 0 Å². The van der Waals surface area contributed by atoms with Crippen LogP contribution in [-0.2, 0) is 6.54 Å². The van der Waals surface area contributed by atoms with Crippen LogP contribution in [-0.4, -0.2) is 24.0 Å². The zero-order valence-corrected chi connectivity index (χ0v) is 12.3. The second-order valence-electron chi connectivity index (χ2n) is 5.81.